The number of anilines is 2. The number of fused-ring (bicyclic) bond motifs is 1. The van der Waals surface area contributed by atoms with Crippen molar-refractivity contribution in [2.45, 2.75) is 6.92 Å². The molecule has 1 amide bonds. The van der Waals surface area contributed by atoms with Crippen LogP contribution in [0.15, 0.2) is 40.9 Å². The molecule has 4 N–H and O–H groups in total. The number of aromatic nitrogens is 2. The Hall–Kier alpha value is -2.34. The number of nitrogens with zero attached hydrogens (tertiary/aromatic N) is 1. The van der Waals surface area contributed by atoms with Crippen LogP contribution in [-0.2, 0) is 0 Å². The lowest BCUT2D eigenvalue weighted by atomic mass is 10.1. The lowest BCUT2D eigenvalue weighted by Crippen LogP contribution is -2.13. The quantitative estimate of drug-likeness (QED) is 0.622. The number of H-pyrrole nitrogens is 1. The van der Waals surface area contributed by atoms with Crippen LogP contribution in [0.5, 0.6) is 0 Å². The van der Waals surface area contributed by atoms with Crippen molar-refractivity contribution in [3.63, 3.8) is 0 Å². The zero-order valence-electron chi connectivity index (χ0n) is 11.3. The van der Waals surface area contributed by atoms with E-state index in [1.165, 1.54) is 0 Å². The predicted molar refractivity (Wildman–Crippen MR) is 87.3 cm³/mol. The standard InChI is InChI=1S/C15H13BrN4O/c1-8-18-13-5-3-10(7-14(13)19-8)20-15(21)11-4-2-9(16)6-12(11)17/h2-7H,17H2,1H3,(H,18,19)(H,20,21). The molecule has 0 fully saturated rings. The van der Waals surface area contributed by atoms with Crippen molar-refractivity contribution in [2.24, 2.45) is 0 Å². The van der Waals surface area contributed by atoms with Crippen molar-refractivity contribution >= 4 is 44.2 Å². The number of aryl methyl sites for hydroxylation is 1. The number of aromatic amines is 1. The molecule has 0 unspecified atom stereocenters. The van der Waals surface area contributed by atoms with Crippen molar-refractivity contribution in [3.8, 4) is 0 Å². The van der Waals surface area contributed by atoms with Crippen LogP contribution in [0.2, 0.25) is 0 Å². The summed E-state index contributed by atoms with van der Waals surface area (Å²) < 4.78 is 0.839. The SMILES string of the molecule is Cc1nc2ccc(NC(=O)c3ccc(Br)cc3N)cc2[nH]1. The summed E-state index contributed by atoms with van der Waals surface area (Å²) >= 11 is 3.32. The Balaban J connectivity index is 1.88. The number of imidazole rings is 1. The van der Waals surface area contributed by atoms with Gasteiger partial charge in [-0.2, -0.15) is 0 Å². The Morgan fingerprint density at radius 3 is 2.86 bits per heavy atom. The Morgan fingerprint density at radius 2 is 2.10 bits per heavy atom. The second kappa shape index (κ2) is 5.21. The normalized spacial score (nSPS) is 10.8. The molecule has 0 aliphatic rings. The van der Waals surface area contributed by atoms with Gasteiger partial charge in [-0.3, -0.25) is 4.79 Å². The molecular weight excluding hydrogens is 332 g/mol. The molecular formula is C15H13BrN4O. The fourth-order valence-corrected chi connectivity index (χ4v) is 2.53. The molecule has 0 bridgehead atoms. The van der Waals surface area contributed by atoms with Gasteiger partial charge in [0.2, 0.25) is 0 Å². The van der Waals surface area contributed by atoms with Gasteiger partial charge in [-0.15, -0.1) is 0 Å². The molecule has 0 spiro atoms. The molecule has 0 saturated carbocycles. The lowest BCUT2D eigenvalue weighted by Gasteiger charge is -2.08. The molecule has 0 atom stereocenters. The van der Waals surface area contributed by atoms with E-state index in [4.69, 9.17) is 5.73 Å². The van der Waals surface area contributed by atoms with Crippen LogP contribution in [-0.4, -0.2) is 15.9 Å². The smallest absolute Gasteiger partial charge is 0.257 e. The second-order valence-corrected chi connectivity index (χ2v) is 5.66. The maximum absolute atomic E-state index is 12.3. The molecule has 1 heterocycles. The molecule has 3 rings (SSSR count). The largest absolute Gasteiger partial charge is 0.398 e. The van der Waals surface area contributed by atoms with E-state index < -0.39 is 0 Å². The predicted octanol–water partition coefficient (Wildman–Crippen LogP) is 3.47. The van der Waals surface area contributed by atoms with E-state index >= 15 is 0 Å². The van der Waals surface area contributed by atoms with Gasteiger partial charge in [0.15, 0.2) is 0 Å². The third-order valence-corrected chi connectivity index (χ3v) is 3.61. The molecule has 21 heavy (non-hydrogen) atoms. The number of rotatable bonds is 2. The number of nitrogens with one attached hydrogen (secondary N) is 2. The summed E-state index contributed by atoms with van der Waals surface area (Å²) in [6, 6.07) is 10.7. The third-order valence-electron chi connectivity index (χ3n) is 3.12. The lowest BCUT2D eigenvalue weighted by molar-refractivity contribution is 0.102. The average Bonchev–Trinajstić information content (AvgIpc) is 2.77. The van der Waals surface area contributed by atoms with Gasteiger partial charge in [0.25, 0.3) is 5.91 Å². The first-order valence-corrected chi connectivity index (χ1v) is 7.15. The summed E-state index contributed by atoms with van der Waals surface area (Å²) in [4.78, 5) is 19.7. The maximum Gasteiger partial charge on any atom is 0.257 e. The van der Waals surface area contributed by atoms with E-state index in [-0.39, 0.29) is 5.91 Å². The molecule has 6 heteroatoms. The number of nitrogen functional groups attached to an aromatic ring is 1. The number of nitrogens with two attached hydrogens (primary N) is 1. The number of halogens is 1. The zero-order chi connectivity index (χ0) is 15.0. The fraction of sp³-hybridized carbons (Fsp3) is 0.0667. The van der Waals surface area contributed by atoms with E-state index in [0.29, 0.717) is 16.9 Å². The van der Waals surface area contributed by atoms with Crippen LogP contribution < -0.4 is 11.1 Å². The minimum absolute atomic E-state index is 0.240. The molecule has 0 aliphatic carbocycles. The number of carbonyl (C=O) groups excluding carboxylic acids is 1. The number of hydrogen-bond acceptors (Lipinski definition) is 3. The first-order valence-electron chi connectivity index (χ1n) is 6.36. The molecule has 1 aromatic heterocycles. The molecule has 0 radical (unpaired) electrons. The first kappa shape index (κ1) is 13.6. The van der Waals surface area contributed by atoms with E-state index in [1.807, 2.05) is 25.1 Å². The van der Waals surface area contributed by atoms with E-state index in [9.17, 15) is 4.79 Å². The van der Waals surface area contributed by atoms with Gasteiger partial charge >= 0.3 is 0 Å². The summed E-state index contributed by atoms with van der Waals surface area (Å²) in [5.41, 5.74) is 9.18. The molecule has 2 aromatic carbocycles. The molecule has 3 aromatic rings. The highest BCUT2D eigenvalue weighted by Gasteiger charge is 2.11. The zero-order valence-corrected chi connectivity index (χ0v) is 12.9. The Labute approximate surface area is 129 Å². The van der Waals surface area contributed by atoms with Crippen LogP contribution in [0.4, 0.5) is 11.4 Å². The minimum Gasteiger partial charge on any atom is -0.398 e. The highest BCUT2D eigenvalue weighted by atomic mass is 79.9. The Bertz CT molecular complexity index is 841. The highest BCUT2D eigenvalue weighted by molar-refractivity contribution is 9.10. The number of benzene rings is 2. The summed E-state index contributed by atoms with van der Waals surface area (Å²) in [7, 11) is 0. The summed E-state index contributed by atoms with van der Waals surface area (Å²) in [6.07, 6.45) is 0. The summed E-state index contributed by atoms with van der Waals surface area (Å²) in [6.45, 7) is 1.89. The maximum atomic E-state index is 12.3. The Kier molecular flexibility index (Phi) is 3.39. The highest BCUT2D eigenvalue weighted by Crippen LogP contribution is 2.21. The fourth-order valence-electron chi connectivity index (χ4n) is 2.15. The molecule has 106 valence electrons. The van der Waals surface area contributed by atoms with Crippen LogP contribution in [0.1, 0.15) is 16.2 Å². The number of hydrogen-bond donors (Lipinski definition) is 3. The second-order valence-electron chi connectivity index (χ2n) is 4.74. The monoisotopic (exact) mass is 344 g/mol. The van der Waals surface area contributed by atoms with Crippen molar-refractivity contribution in [2.75, 3.05) is 11.1 Å². The van der Waals surface area contributed by atoms with Gasteiger partial charge in [-0.25, -0.2) is 4.98 Å². The van der Waals surface area contributed by atoms with Crippen molar-refractivity contribution in [1.29, 1.82) is 0 Å². The topological polar surface area (TPSA) is 83.8 Å². The van der Waals surface area contributed by atoms with Crippen LogP contribution in [0, 0.1) is 6.92 Å². The van der Waals surface area contributed by atoms with Gasteiger partial charge in [0.05, 0.1) is 16.6 Å². The van der Waals surface area contributed by atoms with Crippen LogP contribution >= 0.6 is 15.9 Å². The molecule has 0 aliphatic heterocycles. The minimum atomic E-state index is -0.240. The van der Waals surface area contributed by atoms with Crippen molar-refractivity contribution < 1.29 is 4.79 Å². The van der Waals surface area contributed by atoms with Gasteiger partial charge in [-0.1, -0.05) is 15.9 Å². The van der Waals surface area contributed by atoms with Crippen molar-refractivity contribution in [1.82, 2.24) is 9.97 Å². The molecule has 0 saturated heterocycles. The van der Waals surface area contributed by atoms with E-state index in [2.05, 4.69) is 31.2 Å². The van der Waals surface area contributed by atoms with E-state index in [1.54, 1.807) is 18.2 Å². The molecule has 5 nitrogen and oxygen atoms in total. The number of carbonyl (C=O) groups is 1. The van der Waals surface area contributed by atoms with Crippen molar-refractivity contribution in [3.05, 3.63) is 52.3 Å². The van der Waals surface area contributed by atoms with E-state index in [0.717, 1.165) is 21.3 Å². The van der Waals surface area contributed by atoms with Gasteiger partial charge < -0.3 is 16.0 Å². The number of amides is 1. The Morgan fingerprint density at radius 1 is 1.29 bits per heavy atom. The van der Waals surface area contributed by atoms with Crippen LogP contribution in [0.25, 0.3) is 11.0 Å². The average molecular weight is 345 g/mol. The third kappa shape index (κ3) is 2.75. The van der Waals surface area contributed by atoms with Crippen LogP contribution in [0.3, 0.4) is 0 Å². The van der Waals surface area contributed by atoms with Gasteiger partial charge in [0.1, 0.15) is 5.82 Å². The summed E-state index contributed by atoms with van der Waals surface area (Å²) in [5, 5.41) is 2.84. The summed E-state index contributed by atoms with van der Waals surface area (Å²) in [5.74, 6) is 0.598. The van der Waals surface area contributed by atoms with Gasteiger partial charge in [-0.05, 0) is 43.3 Å². The van der Waals surface area contributed by atoms with Gasteiger partial charge in [0, 0.05) is 15.8 Å². The first-order chi connectivity index (χ1) is 10.0.